The molecule has 7 heteroatoms. The lowest BCUT2D eigenvalue weighted by molar-refractivity contribution is -0.138. The monoisotopic (exact) mass is 457 g/mol. The molecule has 1 amide bonds. The van der Waals surface area contributed by atoms with Crippen LogP contribution >= 0.6 is 11.8 Å². The average Bonchev–Trinajstić information content (AvgIpc) is 2.79. The van der Waals surface area contributed by atoms with Crippen LogP contribution in [-0.4, -0.2) is 43.7 Å². The van der Waals surface area contributed by atoms with E-state index in [2.05, 4.69) is 25.7 Å². The van der Waals surface area contributed by atoms with Gasteiger partial charge < -0.3 is 19.5 Å². The van der Waals surface area contributed by atoms with E-state index in [1.54, 1.807) is 18.7 Å². The summed E-state index contributed by atoms with van der Waals surface area (Å²) in [5.74, 6) is 1.21. The van der Waals surface area contributed by atoms with Gasteiger partial charge in [-0.15, -0.1) is 11.8 Å². The van der Waals surface area contributed by atoms with Gasteiger partial charge in [-0.05, 0) is 42.7 Å². The fourth-order valence-corrected chi connectivity index (χ4v) is 3.47. The highest BCUT2D eigenvalue weighted by Crippen LogP contribution is 2.21. The lowest BCUT2D eigenvalue weighted by Gasteiger charge is -2.19. The van der Waals surface area contributed by atoms with E-state index < -0.39 is 18.2 Å². The highest BCUT2D eigenvalue weighted by Gasteiger charge is 2.16. The van der Waals surface area contributed by atoms with E-state index in [4.69, 9.17) is 14.2 Å². The van der Waals surface area contributed by atoms with E-state index in [-0.39, 0.29) is 19.8 Å². The lowest BCUT2D eigenvalue weighted by atomic mass is 10.0. The average molecular weight is 458 g/mol. The van der Waals surface area contributed by atoms with Crippen molar-refractivity contribution >= 4 is 23.8 Å². The number of amides is 1. The van der Waals surface area contributed by atoms with Crippen LogP contribution in [0.5, 0.6) is 5.75 Å². The molecule has 0 bridgehead atoms. The van der Waals surface area contributed by atoms with Gasteiger partial charge in [0.2, 0.25) is 0 Å². The quantitative estimate of drug-likeness (QED) is 0.204. The van der Waals surface area contributed by atoms with Gasteiger partial charge in [0, 0.05) is 16.2 Å². The first-order chi connectivity index (χ1) is 15.3. The maximum Gasteiger partial charge on any atom is 0.407 e. The Hall–Kier alpha value is -2.93. The zero-order valence-electron chi connectivity index (χ0n) is 18.8. The van der Waals surface area contributed by atoms with Crippen LogP contribution in [0.1, 0.15) is 32.3 Å². The second-order valence-corrected chi connectivity index (χ2v) is 8.62. The van der Waals surface area contributed by atoms with Gasteiger partial charge in [0.05, 0.1) is 6.54 Å². The zero-order chi connectivity index (χ0) is 23.3. The number of hydrogen-bond acceptors (Lipinski definition) is 6. The number of rotatable bonds is 12. The summed E-state index contributed by atoms with van der Waals surface area (Å²) in [6.45, 7) is 9.76. The predicted molar refractivity (Wildman–Crippen MR) is 127 cm³/mol. The number of hydrogen-bond donors (Lipinski definition) is 1. The number of thioether (sulfide) groups is 1. The Morgan fingerprint density at radius 2 is 1.75 bits per heavy atom. The first kappa shape index (κ1) is 25.3. The van der Waals surface area contributed by atoms with E-state index >= 15 is 0 Å². The Balaban J connectivity index is 1.87. The van der Waals surface area contributed by atoms with Gasteiger partial charge in [-0.2, -0.15) is 0 Å². The summed E-state index contributed by atoms with van der Waals surface area (Å²) in [5.41, 5.74) is 1.54. The van der Waals surface area contributed by atoms with E-state index in [0.717, 1.165) is 10.6 Å². The number of nitrogens with one attached hydrogen (secondary N) is 1. The van der Waals surface area contributed by atoms with Crippen LogP contribution in [0.4, 0.5) is 4.79 Å². The molecule has 32 heavy (non-hydrogen) atoms. The number of benzene rings is 2. The van der Waals surface area contributed by atoms with Gasteiger partial charge in [0.1, 0.15) is 25.1 Å². The van der Waals surface area contributed by atoms with Crippen molar-refractivity contribution in [1.29, 1.82) is 0 Å². The van der Waals surface area contributed by atoms with Crippen molar-refractivity contribution in [3.8, 4) is 5.75 Å². The number of ether oxygens (including phenoxy) is 3. The van der Waals surface area contributed by atoms with Crippen molar-refractivity contribution in [3.63, 3.8) is 0 Å². The van der Waals surface area contributed by atoms with Crippen molar-refractivity contribution in [1.82, 2.24) is 5.32 Å². The molecule has 0 aromatic heterocycles. The first-order valence-electron chi connectivity index (χ1n) is 10.5. The molecule has 2 aromatic carbocycles. The molecule has 2 aromatic rings. The fourth-order valence-electron chi connectivity index (χ4n) is 2.57. The van der Waals surface area contributed by atoms with E-state index in [1.165, 1.54) is 5.56 Å². The van der Waals surface area contributed by atoms with Crippen LogP contribution in [0.2, 0.25) is 0 Å². The molecule has 172 valence electrons. The third kappa shape index (κ3) is 9.47. The SMILES string of the molecule is C=C(C)C(=O)OCCNC(=O)OC(COc1ccc(C(C)C)cc1)CSc1ccccc1. The van der Waals surface area contributed by atoms with Crippen LogP contribution in [0, 0.1) is 0 Å². The molecule has 0 aliphatic heterocycles. The normalized spacial score (nSPS) is 11.5. The van der Waals surface area contributed by atoms with Gasteiger partial charge in [-0.3, -0.25) is 0 Å². The molecule has 0 radical (unpaired) electrons. The molecule has 1 atom stereocenters. The Labute approximate surface area is 194 Å². The molecule has 0 saturated carbocycles. The topological polar surface area (TPSA) is 73.9 Å². The summed E-state index contributed by atoms with van der Waals surface area (Å²) in [7, 11) is 0. The summed E-state index contributed by atoms with van der Waals surface area (Å²) in [6.07, 6.45) is -1.06. The van der Waals surface area contributed by atoms with Gasteiger partial charge >= 0.3 is 12.1 Å². The number of alkyl carbamates (subject to hydrolysis) is 1. The summed E-state index contributed by atoms with van der Waals surface area (Å²) in [5, 5.41) is 2.59. The molecule has 6 nitrogen and oxygen atoms in total. The minimum atomic E-state index is -0.589. The van der Waals surface area contributed by atoms with Gasteiger partial charge in [-0.25, -0.2) is 9.59 Å². The molecule has 2 rings (SSSR count). The van der Waals surface area contributed by atoms with Crippen LogP contribution in [0.15, 0.2) is 71.6 Å². The summed E-state index contributed by atoms with van der Waals surface area (Å²) >= 11 is 1.58. The minimum absolute atomic E-state index is 0.0446. The molecule has 0 fully saturated rings. The number of carbonyl (C=O) groups is 2. The highest BCUT2D eigenvalue weighted by atomic mass is 32.2. The summed E-state index contributed by atoms with van der Waals surface area (Å²) < 4.78 is 16.4. The second kappa shape index (κ2) is 13.5. The third-order valence-corrected chi connectivity index (χ3v) is 5.53. The zero-order valence-corrected chi connectivity index (χ0v) is 19.7. The van der Waals surface area contributed by atoms with E-state index in [1.807, 2.05) is 54.6 Å². The molecule has 0 heterocycles. The number of carbonyl (C=O) groups excluding carboxylic acids is 2. The standard InChI is InChI=1S/C25H31NO5S/c1-18(2)20-10-12-21(13-11-20)30-16-22(17-32-23-8-6-5-7-9-23)31-25(28)26-14-15-29-24(27)19(3)4/h5-13,18,22H,3,14-17H2,1-2,4H3,(H,26,28). The summed E-state index contributed by atoms with van der Waals surface area (Å²) in [4.78, 5) is 24.7. The number of esters is 1. The summed E-state index contributed by atoms with van der Waals surface area (Å²) in [6, 6.07) is 17.8. The van der Waals surface area contributed by atoms with Gasteiger partial charge in [-0.1, -0.05) is 50.8 Å². The van der Waals surface area contributed by atoms with Crippen molar-refractivity contribution < 1.29 is 23.8 Å². The minimum Gasteiger partial charge on any atom is -0.490 e. The molecule has 0 aliphatic carbocycles. The molecule has 0 saturated heterocycles. The van der Waals surface area contributed by atoms with Crippen molar-refractivity contribution in [2.24, 2.45) is 0 Å². The second-order valence-electron chi connectivity index (χ2n) is 7.53. The molecular formula is C25H31NO5S. The fraction of sp³-hybridized carbons (Fsp3) is 0.360. The molecule has 0 spiro atoms. The third-order valence-electron chi connectivity index (χ3n) is 4.39. The van der Waals surface area contributed by atoms with Crippen LogP contribution < -0.4 is 10.1 Å². The molecule has 1 N–H and O–H groups in total. The Kier molecular flexibility index (Phi) is 10.7. The van der Waals surface area contributed by atoms with Crippen LogP contribution in [-0.2, 0) is 14.3 Å². The van der Waals surface area contributed by atoms with Crippen molar-refractivity contribution in [3.05, 3.63) is 72.3 Å². The van der Waals surface area contributed by atoms with Gasteiger partial charge in [0.15, 0.2) is 0 Å². The van der Waals surface area contributed by atoms with Crippen LogP contribution in [0.3, 0.4) is 0 Å². The Morgan fingerprint density at radius 1 is 1.06 bits per heavy atom. The Bertz CT molecular complexity index is 868. The van der Waals surface area contributed by atoms with E-state index in [9.17, 15) is 9.59 Å². The van der Waals surface area contributed by atoms with Crippen molar-refractivity contribution in [2.45, 2.75) is 37.7 Å². The maximum absolute atomic E-state index is 12.2. The van der Waals surface area contributed by atoms with Crippen molar-refractivity contribution in [2.75, 3.05) is 25.5 Å². The molecule has 0 aliphatic rings. The molecule has 1 unspecified atom stereocenters. The molecular weight excluding hydrogens is 426 g/mol. The van der Waals surface area contributed by atoms with Crippen LogP contribution in [0.25, 0.3) is 0 Å². The predicted octanol–water partition coefficient (Wildman–Crippen LogP) is 5.20. The van der Waals surface area contributed by atoms with E-state index in [0.29, 0.717) is 17.2 Å². The maximum atomic E-state index is 12.2. The lowest BCUT2D eigenvalue weighted by Crippen LogP contribution is -2.35. The first-order valence-corrected chi connectivity index (χ1v) is 11.5. The smallest absolute Gasteiger partial charge is 0.407 e. The largest absolute Gasteiger partial charge is 0.490 e. The Morgan fingerprint density at radius 3 is 2.38 bits per heavy atom. The highest BCUT2D eigenvalue weighted by molar-refractivity contribution is 7.99. The van der Waals surface area contributed by atoms with Gasteiger partial charge in [0.25, 0.3) is 0 Å².